The summed E-state index contributed by atoms with van der Waals surface area (Å²) in [6, 6.07) is 13.6. The molecule has 104 valence electrons. The second-order valence-corrected chi connectivity index (χ2v) is 5.21. The molecule has 2 heterocycles. The topological polar surface area (TPSA) is 53.4 Å². The Kier molecular flexibility index (Phi) is 2.65. The number of rotatable bonds is 3. The van der Waals surface area contributed by atoms with Gasteiger partial charge in [-0.2, -0.15) is 0 Å². The number of hydrogen-bond acceptors (Lipinski definition) is 3. The van der Waals surface area contributed by atoms with E-state index in [1.54, 1.807) is 4.90 Å². The highest BCUT2D eigenvalue weighted by Gasteiger charge is 2.31. The van der Waals surface area contributed by atoms with Crippen LogP contribution in [-0.2, 0) is 0 Å². The molecule has 1 aliphatic rings. The summed E-state index contributed by atoms with van der Waals surface area (Å²) < 4.78 is 0. The fourth-order valence-corrected chi connectivity index (χ4v) is 3.07. The molecule has 1 aromatic heterocycles. The number of aliphatic hydroxyl groups is 1. The summed E-state index contributed by atoms with van der Waals surface area (Å²) in [7, 11) is 0. The second kappa shape index (κ2) is 4.53. The van der Waals surface area contributed by atoms with Crippen molar-refractivity contribution in [2.24, 2.45) is 0 Å². The molecule has 0 fully saturated rings. The van der Waals surface area contributed by atoms with Gasteiger partial charge in [-0.25, -0.2) is 4.98 Å². The Hall–Kier alpha value is -2.46. The maximum Gasteiger partial charge on any atom is 0.259 e. The molecule has 0 atom stereocenters. The SMILES string of the molecule is O=C1c2c3ccccc3nc3cccc(c23)N1CCCO. The van der Waals surface area contributed by atoms with E-state index < -0.39 is 0 Å². The molecule has 1 amide bonds. The molecule has 2 aromatic carbocycles. The highest BCUT2D eigenvalue weighted by atomic mass is 16.3. The van der Waals surface area contributed by atoms with E-state index in [1.165, 1.54) is 0 Å². The fourth-order valence-electron chi connectivity index (χ4n) is 3.07. The smallest absolute Gasteiger partial charge is 0.259 e. The van der Waals surface area contributed by atoms with Gasteiger partial charge in [0.2, 0.25) is 0 Å². The number of carbonyl (C=O) groups is 1. The van der Waals surface area contributed by atoms with Crippen molar-refractivity contribution in [3.8, 4) is 0 Å². The van der Waals surface area contributed by atoms with E-state index in [9.17, 15) is 4.79 Å². The van der Waals surface area contributed by atoms with Crippen LogP contribution in [0.3, 0.4) is 0 Å². The lowest BCUT2D eigenvalue weighted by Crippen LogP contribution is -2.28. The minimum Gasteiger partial charge on any atom is -0.396 e. The van der Waals surface area contributed by atoms with Crippen molar-refractivity contribution in [2.75, 3.05) is 18.1 Å². The van der Waals surface area contributed by atoms with Crippen LogP contribution < -0.4 is 4.90 Å². The van der Waals surface area contributed by atoms with Crippen LogP contribution in [0.5, 0.6) is 0 Å². The molecular formula is C17H14N2O2. The Bertz CT molecular complexity index is 873. The normalized spacial score (nSPS) is 13.6. The number of aromatic nitrogens is 1. The zero-order chi connectivity index (χ0) is 14.4. The summed E-state index contributed by atoms with van der Waals surface area (Å²) in [5.74, 6) is 0.00764. The van der Waals surface area contributed by atoms with Crippen molar-refractivity contribution in [3.05, 3.63) is 48.0 Å². The molecule has 1 aliphatic heterocycles. The largest absolute Gasteiger partial charge is 0.396 e. The molecule has 3 aromatic rings. The van der Waals surface area contributed by atoms with Crippen LogP contribution in [0.2, 0.25) is 0 Å². The van der Waals surface area contributed by atoms with E-state index in [4.69, 9.17) is 5.11 Å². The van der Waals surface area contributed by atoms with Crippen molar-refractivity contribution < 1.29 is 9.90 Å². The number of benzene rings is 2. The van der Waals surface area contributed by atoms with Crippen molar-refractivity contribution >= 4 is 33.4 Å². The van der Waals surface area contributed by atoms with E-state index in [-0.39, 0.29) is 12.5 Å². The molecular weight excluding hydrogens is 264 g/mol. The maximum atomic E-state index is 12.8. The van der Waals surface area contributed by atoms with Crippen molar-refractivity contribution in [3.63, 3.8) is 0 Å². The first-order valence-electron chi connectivity index (χ1n) is 7.05. The zero-order valence-corrected chi connectivity index (χ0v) is 11.4. The van der Waals surface area contributed by atoms with Crippen molar-refractivity contribution in [1.82, 2.24) is 4.98 Å². The van der Waals surface area contributed by atoms with Crippen LogP contribution in [0, 0.1) is 0 Å². The van der Waals surface area contributed by atoms with E-state index in [0.717, 1.165) is 33.1 Å². The van der Waals surface area contributed by atoms with Gasteiger partial charge >= 0.3 is 0 Å². The number of hydrogen-bond donors (Lipinski definition) is 1. The van der Waals surface area contributed by atoms with Crippen LogP contribution in [0.4, 0.5) is 5.69 Å². The molecule has 4 heteroatoms. The van der Waals surface area contributed by atoms with E-state index in [2.05, 4.69) is 4.98 Å². The monoisotopic (exact) mass is 278 g/mol. The van der Waals surface area contributed by atoms with Gasteiger partial charge in [0.1, 0.15) is 0 Å². The van der Waals surface area contributed by atoms with Gasteiger partial charge in [0, 0.05) is 23.9 Å². The predicted octanol–water partition coefficient (Wildman–Crippen LogP) is 2.73. The van der Waals surface area contributed by atoms with Crippen LogP contribution in [0.15, 0.2) is 42.5 Å². The number of nitrogens with zero attached hydrogens (tertiary/aromatic N) is 2. The lowest BCUT2D eigenvalue weighted by molar-refractivity contribution is 0.0993. The van der Waals surface area contributed by atoms with Gasteiger partial charge < -0.3 is 10.0 Å². The van der Waals surface area contributed by atoms with Crippen LogP contribution in [0.25, 0.3) is 21.8 Å². The number of pyridine rings is 1. The van der Waals surface area contributed by atoms with Gasteiger partial charge in [-0.05, 0) is 24.6 Å². The van der Waals surface area contributed by atoms with Gasteiger partial charge in [0.25, 0.3) is 5.91 Å². The summed E-state index contributed by atoms with van der Waals surface area (Å²) >= 11 is 0. The minimum atomic E-state index is 0.00764. The summed E-state index contributed by atoms with van der Waals surface area (Å²) in [6.07, 6.45) is 0.571. The molecule has 4 nitrogen and oxygen atoms in total. The first-order valence-corrected chi connectivity index (χ1v) is 7.05. The van der Waals surface area contributed by atoms with Crippen LogP contribution >= 0.6 is 0 Å². The second-order valence-electron chi connectivity index (χ2n) is 5.21. The number of amides is 1. The molecule has 0 bridgehead atoms. The number of anilines is 1. The van der Waals surface area contributed by atoms with E-state index in [0.29, 0.717) is 13.0 Å². The molecule has 1 N–H and O–H groups in total. The van der Waals surface area contributed by atoms with Gasteiger partial charge in [0.15, 0.2) is 0 Å². The molecule has 0 unspecified atom stereocenters. The highest BCUT2D eigenvalue weighted by molar-refractivity contribution is 6.30. The number of carbonyl (C=O) groups excluding carboxylic acids is 1. The van der Waals surface area contributed by atoms with Gasteiger partial charge in [0.05, 0.1) is 22.3 Å². The van der Waals surface area contributed by atoms with Crippen molar-refractivity contribution in [2.45, 2.75) is 6.42 Å². The summed E-state index contributed by atoms with van der Waals surface area (Å²) in [6.45, 7) is 0.604. The first-order chi connectivity index (χ1) is 10.3. The summed E-state index contributed by atoms with van der Waals surface area (Å²) in [5.41, 5.74) is 3.33. The molecule has 0 saturated carbocycles. The maximum absolute atomic E-state index is 12.8. The highest BCUT2D eigenvalue weighted by Crippen LogP contribution is 2.39. The Labute approximate surface area is 121 Å². The van der Waals surface area contributed by atoms with E-state index >= 15 is 0 Å². The predicted molar refractivity (Wildman–Crippen MR) is 82.6 cm³/mol. The molecule has 0 saturated heterocycles. The Balaban J connectivity index is 2.05. The lowest BCUT2D eigenvalue weighted by Gasteiger charge is -2.16. The van der Waals surface area contributed by atoms with Gasteiger partial charge in [-0.15, -0.1) is 0 Å². The summed E-state index contributed by atoms with van der Waals surface area (Å²) in [4.78, 5) is 19.2. The zero-order valence-electron chi connectivity index (χ0n) is 11.4. The number of aliphatic hydroxyl groups excluding tert-OH is 1. The quantitative estimate of drug-likeness (QED) is 0.749. The molecule has 0 aliphatic carbocycles. The summed E-state index contributed by atoms with van der Waals surface area (Å²) in [5, 5.41) is 10.9. The van der Waals surface area contributed by atoms with Crippen molar-refractivity contribution in [1.29, 1.82) is 0 Å². The average molecular weight is 278 g/mol. The van der Waals surface area contributed by atoms with Gasteiger partial charge in [-0.1, -0.05) is 24.3 Å². The van der Waals surface area contributed by atoms with Gasteiger partial charge in [-0.3, -0.25) is 4.79 Å². The third-order valence-corrected chi connectivity index (χ3v) is 3.97. The Morgan fingerprint density at radius 3 is 2.71 bits per heavy atom. The number of fused-ring (bicyclic) bond motifs is 2. The molecule has 0 spiro atoms. The Morgan fingerprint density at radius 2 is 1.86 bits per heavy atom. The average Bonchev–Trinajstić information content (AvgIpc) is 2.80. The van der Waals surface area contributed by atoms with Crippen LogP contribution in [0.1, 0.15) is 16.8 Å². The third-order valence-electron chi connectivity index (χ3n) is 3.97. The number of para-hydroxylation sites is 1. The minimum absolute atomic E-state index is 0.00764. The standard InChI is InChI=1S/C17H14N2O2/c20-10-4-9-19-14-8-3-7-13-16(14)15(17(19)21)11-5-1-2-6-12(11)18-13/h1-3,5-8,20H,4,9-10H2. The lowest BCUT2D eigenvalue weighted by atomic mass is 10.0. The Morgan fingerprint density at radius 1 is 1.05 bits per heavy atom. The first kappa shape index (κ1) is 12.3. The molecule has 21 heavy (non-hydrogen) atoms. The van der Waals surface area contributed by atoms with E-state index in [1.807, 2.05) is 42.5 Å². The van der Waals surface area contributed by atoms with Crippen LogP contribution in [-0.4, -0.2) is 29.1 Å². The third kappa shape index (κ3) is 1.66. The molecule has 4 rings (SSSR count). The molecule has 0 radical (unpaired) electrons. The fraction of sp³-hybridized carbons (Fsp3) is 0.176.